The minimum absolute atomic E-state index is 0.0314. The Morgan fingerprint density at radius 2 is 2.10 bits per heavy atom. The molecule has 0 aliphatic rings. The molecule has 0 spiro atoms. The van der Waals surface area contributed by atoms with E-state index in [0.717, 1.165) is 0 Å². The molecular weight excluding hydrogens is 334 g/mol. The number of carboxylic acids is 1. The SMILES string of the molecule is Cc1c(NC(=O)NCCC(=O)O)cc(Br)cc1[N+](=O)[O-]. The number of anilines is 1. The highest BCUT2D eigenvalue weighted by atomic mass is 79.9. The van der Waals surface area contributed by atoms with Gasteiger partial charge in [-0.25, -0.2) is 4.79 Å². The molecule has 0 radical (unpaired) electrons. The van der Waals surface area contributed by atoms with Gasteiger partial charge in [-0.05, 0) is 13.0 Å². The van der Waals surface area contributed by atoms with Gasteiger partial charge in [-0.3, -0.25) is 14.9 Å². The molecule has 0 bridgehead atoms. The van der Waals surface area contributed by atoms with E-state index in [9.17, 15) is 19.7 Å². The van der Waals surface area contributed by atoms with Crippen molar-refractivity contribution in [2.24, 2.45) is 0 Å². The first-order chi connectivity index (χ1) is 9.31. The first-order valence-electron chi connectivity index (χ1n) is 5.52. The van der Waals surface area contributed by atoms with Gasteiger partial charge in [0.05, 0.1) is 22.6 Å². The van der Waals surface area contributed by atoms with Crippen molar-refractivity contribution in [3.05, 3.63) is 32.3 Å². The van der Waals surface area contributed by atoms with Gasteiger partial charge in [-0.1, -0.05) is 15.9 Å². The largest absolute Gasteiger partial charge is 0.481 e. The zero-order valence-electron chi connectivity index (χ0n) is 10.5. The van der Waals surface area contributed by atoms with E-state index >= 15 is 0 Å². The van der Waals surface area contributed by atoms with Gasteiger partial charge in [0.15, 0.2) is 0 Å². The van der Waals surface area contributed by atoms with Crippen molar-refractivity contribution in [1.82, 2.24) is 5.32 Å². The van der Waals surface area contributed by atoms with Crippen LogP contribution in [-0.4, -0.2) is 28.6 Å². The fourth-order valence-electron chi connectivity index (χ4n) is 1.43. The van der Waals surface area contributed by atoms with E-state index in [4.69, 9.17) is 5.11 Å². The summed E-state index contributed by atoms with van der Waals surface area (Å²) in [6, 6.07) is 2.24. The quantitative estimate of drug-likeness (QED) is 0.558. The van der Waals surface area contributed by atoms with E-state index in [-0.39, 0.29) is 24.3 Å². The topological polar surface area (TPSA) is 122 Å². The third kappa shape index (κ3) is 4.50. The van der Waals surface area contributed by atoms with Crippen LogP contribution < -0.4 is 10.6 Å². The molecular formula is C11H12BrN3O5. The summed E-state index contributed by atoms with van der Waals surface area (Å²) in [5.74, 6) is -1.03. The van der Waals surface area contributed by atoms with E-state index in [1.165, 1.54) is 19.1 Å². The lowest BCUT2D eigenvalue weighted by molar-refractivity contribution is -0.385. The molecule has 0 aromatic heterocycles. The zero-order chi connectivity index (χ0) is 15.3. The molecule has 2 amide bonds. The van der Waals surface area contributed by atoms with Crippen LogP contribution in [0.3, 0.4) is 0 Å². The molecule has 1 rings (SSSR count). The summed E-state index contributed by atoms with van der Waals surface area (Å²) in [7, 11) is 0. The van der Waals surface area contributed by atoms with Crippen molar-refractivity contribution in [2.45, 2.75) is 13.3 Å². The van der Waals surface area contributed by atoms with E-state index in [1.54, 1.807) is 0 Å². The lowest BCUT2D eigenvalue weighted by Crippen LogP contribution is -2.30. The Hall–Kier alpha value is -2.16. The Bertz CT molecular complexity index is 561. The highest BCUT2D eigenvalue weighted by Crippen LogP contribution is 2.30. The number of hydrogen-bond acceptors (Lipinski definition) is 4. The Balaban J connectivity index is 2.79. The number of carbonyl (C=O) groups excluding carboxylic acids is 1. The number of amides is 2. The van der Waals surface area contributed by atoms with Crippen LogP contribution in [0.15, 0.2) is 16.6 Å². The molecule has 0 aliphatic carbocycles. The van der Waals surface area contributed by atoms with Gasteiger partial charge >= 0.3 is 12.0 Å². The summed E-state index contributed by atoms with van der Waals surface area (Å²) in [6.07, 6.45) is -0.203. The second kappa shape index (κ2) is 6.85. The number of halogens is 1. The molecule has 3 N–H and O–H groups in total. The number of carboxylic acid groups (broad SMARTS) is 1. The summed E-state index contributed by atoms with van der Waals surface area (Å²) in [6.45, 7) is 1.48. The molecule has 0 atom stereocenters. The third-order valence-corrected chi connectivity index (χ3v) is 2.87. The predicted molar refractivity (Wildman–Crippen MR) is 74.8 cm³/mol. The van der Waals surface area contributed by atoms with Crippen LogP contribution in [-0.2, 0) is 4.79 Å². The molecule has 0 fully saturated rings. The fraction of sp³-hybridized carbons (Fsp3) is 0.273. The second-order valence-corrected chi connectivity index (χ2v) is 4.79. The second-order valence-electron chi connectivity index (χ2n) is 3.88. The number of aliphatic carboxylic acids is 1. The van der Waals surface area contributed by atoms with Crippen LogP contribution in [0, 0.1) is 17.0 Å². The molecule has 20 heavy (non-hydrogen) atoms. The number of rotatable bonds is 5. The van der Waals surface area contributed by atoms with Crippen LogP contribution >= 0.6 is 15.9 Å². The van der Waals surface area contributed by atoms with Gasteiger partial charge in [0.25, 0.3) is 5.69 Å². The molecule has 108 valence electrons. The van der Waals surface area contributed by atoms with E-state index in [0.29, 0.717) is 10.0 Å². The first kappa shape index (κ1) is 15.9. The number of nitro groups is 1. The lowest BCUT2D eigenvalue weighted by atomic mass is 10.1. The van der Waals surface area contributed by atoms with Crippen LogP contribution in [0.2, 0.25) is 0 Å². The average Bonchev–Trinajstić information content (AvgIpc) is 2.32. The molecule has 8 nitrogen and oxygen atoms in total. The van der Waals surface area contributed by atoms with Crippen LogP contribution in [0.1, 0.15) is 12.0 Å². The standard InChI is InChI=1S/C11H12BrN3O5/c1-6-8(4-7(12)5-9(6)15(19)20)14-11(18)13-3-2-10(16)17/h4-5H,2-3H2,1H3,(H,16,17)(H2,13,14,18). The Morgan fingerprint density at radius 1 is 1.45 bits per heavy atom. The zero-order valence-corrected chi connectivity index (χ0v) is 12.1. The van der Waals surface area contributed by atoms with Crippen molar-refractivity contribution >= 4 is 39.3 Å². The molecule has 1 aromatic rings. The number of nitrogens with zero attached hydrogens (tertiary/aromatic N) is 1. The van der Waals surface area contributed by atoms with Crippen molar-refractivity contribution in [3.8, 4) is 0 Å². The number of hydrogen-bond donors (Lipinski definition) is 3. The summed E-state index contributed by atoms with van der Waals surface area (Å²) in [5, 5.41) is 24.1. The molecule has 0 saturated heterocycles. The predicted octanol–water partition coefficient (Wildman–Crippen LogP) is 2.26. The maximum Gasteiger partial charge on any atom is 0.319 e. The number of carbonyl (C=O) groups is 2. The summed E-state index contributed by atoms with van der Waals surface area (Å²) in [4.78, 5) is 32.1. The normalized spacial score (nSPS) is 9.90. The summed E-state index contributed by atoms with van der Waals surface area (Å²) in [5.41, 5.74) is 0.464. The highest BCUT2D eigenvalue weighted by molar-refractivity contribution is 9.10. The van der Waals surface area contributed by atoms with Gasteiger partial charge in [0.1, 0.15) is 0 Å². The van der Waals surface area contributed by atoms with Gasteiger partial charge in [-0.15, -0.1) is 0 Å². The first-order valence-corrected chi connectivity index (χ1v) is 6.31. The van der Waals surface area contributed by atoms with Crippen molar-refractivity contribution in [1.29, 1.82) is 0 Å². The minimum atomic E-state index is -1.03. The summed E-state index contributed by atoms with van der Waals surface area (Å²) >= 11 is 3.12. The lowest BCUT2D eigenvalue weighted by Gasteiger charge is -2.10. The van der Waals surface area contributed by atoms with Crippen molar-refractivity contribution < 1.29 is 19.6 Å². The van der Waals surface area contributed by atoms with Crippen LogP contribution in [0.4, 0.5) is 16.2 Å². The molecule has 9 heteroatoms. The monoisotopic (exact) mass is 345 g/mol. The maximum absolute atomic E-state index is 11.5. The van der Waals surface area contributed by atoms with Crippen molar-refractivity contribution in [3.63, 3.8) is 0 Å². The number of nitro benzene ring substituents is 1. The fourth-order valence-corrected chi connectivity index (χ4v) is 1.88. The smallest absolute Gasteiger partial charge is 0.319 e. The Kier molecular flexibility index (Phi) is 5.44. The Morgan fingerprint density at radius 3 is 2.65 bits per heavy atom. The van der Waals surface area contributed by atoms with Crippen molar-refractivity contribution in [2.75, 3.05) is 11.9 Å². The molecule has 0 aliphatic heterocycles. The number of urea groups is 1. The molecule has 0 unspecified atom stereocenters. The number of nitrogens with one attached hydrogen (secondary N) is 2. The maximum atomic E-state index is 11.5. The minimum Gasteiger partial charge on any atom is -0.481 e. The van der Waals surface area contributed by atoms with E-state index < -0.39 is 16.9 Å². The summed E-state index contributed by atoms with van der Waals surface area (Å²) < 4.78 is 0.454. The average molecular weight is 346 g/mol. The van der Waals surface area contributed by atoms with Crippen LogP contribution in [0.5, 0.6) is 0 Å². The number of benzene rings is 1. The van der Waals surface area contributed by atoms with E-state index in [2.05, 4.69) is 26.6 Å². The molecule has 0 heterocycles. The molecule has 1 aromatic carbocycles. The van der Waals surface area contributed by atoms with Gasteiger partial charge in [0.2, 0.25) is 0 Å². The van der Waals surface area contributed by atoms with Gasteiger partial charge < -0.3 is 15.7 Å². The van der Waals surface area contributed by atoms with Crippen LogP contribution in [0.25, 0.3) is 0 Å². The van der Waals surface area contributed by atoms with Gasteiger partial charge in [-0.2, -0.15) is 0 Å². The molecule has 0 saturated carbocycles. The Labute approximate surface area is 122 Å². The van der Waals surface area contributed by atoms with E-state index in [1.807, 2.05) is 0 Å². The van der Waals surface area contributed by atoms with Gasteiger partial charge in [0, 0.05) is 17.1 Å². The third-order valence-electron chi connectivity index (χ3n) is 2.41. The highest BCUT2D eigenvalue weighted by Gasteiger charge is 2.16.